The lowest BCUT2D eigenvalue weighted by Crippen LogP contribution is -2.50. The number of nitrogens with zero attached hydrogens (tertiary/aromatic N) is 2. The highest BCUT2D eigenvalue weighted by molar-refractivity contribution is 8.00. The fourth-order valence-electron chi connectivity index (χ4n) is 2.95. The fraction of sp³-hybridized carbons (Fsp3) is 0.611. The van der Waals surface area contributed by atoms with Crippen molar-refractivity contribution in [2.75, 3.05) is 47.2 Å². The van der Waals surface area contributed by atoms with Crippen LogP contribution in [0.4, 0.5) is 0 Å². The number of hydrogen-bond donors (Lipinski definition) is 1. The Morgan fingerprint density at radius 1 is 1.20 bits per heavy atom. The molecule has 0 radical (unpaired) electrons. The molecule has 0 amide bonds. The van der Waals surface area contributed by atoms with Gasteiger partial charge in [0.25, 0.3) is 0 Å². The minimum atomic E-state index is 0.239. The van der Waals surface area contributed by atoms with Crippen LogP contribution in [0, 0.1) is 0 Å². The van der Waals surface area contributed by atoms with Gasteiger partial charge in [-0.1, -0.05) is 0 Å². The molecule has 2 rings (SSSR count). The lowest BCUT2D eigenvalue weighted by molar-refractivity contribution is 0.323. The van der Waals surface area contributed by atoms with Crippen molar-refractivity contribution in [3.8, 4) is 17.2 Å². The summed E-state index contributed by atoms with van der Waals surface area (Å²) >= 11 is 2.01. The molecular weight excluding hydrogens is 338 g/mol. The molecule has 6 nitrogen and oxygen atoms in total. The van der Waals surface area contributed by atoms with E-state index >= 15 is 0 Å². The van der Waals surface area contributed by atoms with Gasteiger partial charge >= 0.3 is 0 Å². The second-order valence-corrected chi connectivity index (χ2v) is 8.27. The first-order valence-corrected chi connectivity index (χ1v) is 9.31. The third-order valence-corrected chi connectivity index (χ3v) is 5.41. The summed E-state index contributed by atoms with van der Waals surface area (Å²) in [6.07, 6.45) is 0. The average molecular weight is 368 g/mol. The summed E-state index contributed by atoms with van der Waals surface area (Å²) in [6, 6.07) is 3.91. The Hall–Kier alpha value is -1.76. The van der Waals surface area contributed by atoms with Crippen molar-refractivity contribution in [1.29, 1.82) is 0 Å². The van der Waals surface area contributed by atoms with Gasteiger partial charge in [0.15, 0.2) is 17.5 Å². The smallest absolute Gasteiger partial charge is 0.203 e. The molecule has 1 fully saturated rings. The second kappa shape index (κ2) is 8.56. The maximum Gasteiger partial charge on any atom is 0.203 e. The van der Waals surface area contributed by atoms with E-state index in [1.807, 2.05) is 30.9 Å². The number of nitrogens with one attached hydrogen (secondary N) is 1. The minimum absolute atomic E-state index is 0.239. The molecule has 0 aliphatic carbocycles. The molecule has 1 aromatic rings. The summed E-state index contributed by atoms with van der Waals surface area (Å²) in [5, 5.41) is 3.45. The molecule has 1 aliphatic heterocycles. The van der Waals surface area contributed by atoms with Crippen LogP contribution in [-0.2, 0) is 6.54 Å². The fourth-order valence-corrected chi connectivity index (χ4v) is 4.06. The number of thioether (sulfide) groups is 1. The standard InChI is InChI=1S/C18H29N3O3S/c1-18(2)12-21(7-8-25-18)17(19-3)20-11-13-9-14(22-4)16(24-6)15(10-13)23-5/h9-10H,7-8,11-12H2,1-6H3,(H,19,20). The van der Waals surface area contributed by atoms with Crippen LogP contribution in [0.3, 0.4) is 0 Å². The summed E-state index contributed by atoms with van der Waals surface area (Å²) in [7, 11) is 6.68. The van der Waals surface area contributed by atoms with Gasteiger partial charge in [0.2, 0.25) is 5.75 Å². The highest BCUT2D eigenvalue weighted by atomic mass is 32.2. The van der Waals surface area contributed by atoms with Crippen molar-refractivity contribution < 1.29 is 14.2 Å². The van der Waals surface area contributed by atoms with Crippen LogP contribution < -0.4 is 19.5 Å². The van der Waals surface area contributed by atoms with Gasteiger partial charge in [-0.3, -0.25) is 4.99 Å². The van der Waals surface area contributed by atoms with E-state index in [1.165, 1.54) is 0 Å². The quantitative estimate of drug-likeness (QED) is 0.638. The average Bonchev–Trinajstić information content (AvgIpc) is 2.60. The van der Waals surface area contributed by atoms with Crippen LogP contribution in [0.15, 0.2) is 17.1 Å². The van der Waals surface area contributed by atoms with Gasteiger partial charge in [-0.15, -0.1) is 0 Å². The second-order valence-electron chi connectivity index (χ2n) is 6.46. The Bertz CT molecular complexity index is 595. The number of ether oxygens (including phenoxy) is 3. The van der Waals surface area contributed by atoms with E-state index in [-0.39, 0.29) is 4.75 Å². The van der Waals surface area contributed by atoms with E-state index in [2.05, 4.69) is 29.1 Å². The molecule has 1 N–H and O–H groups in total. The van der Waals surface area contributed by atoms with Crippen molar-refractivity contribution in [3.63, 3.8) is 0 Å². The van der Waals surface area contributed by atoms with E-state index in [9.17, 15) is 0 Å². The van der Waals surface area contributed by atoms with Crippen LogP contribution in [0.2, 0.25) is 0 Å². The SMILES string of the molecule is CN=C(NCc1cc(OC)c(OC)c(OC)c1)N1CCSC(C)(C)C1. The zero-order valence-corrected chi connectivity index (χ0v) is 16.8. The Morgan fingerprint density at radius 2 is 1.84 bits per heavy atom. The highest BCUT2D eigenvalue weighted by Crippen LogP contribution is 2.38. The molecule has 0 unspecified atom stereocenters. The summed E-state index contributed by atoms with van der Waals surface area (Å²) in [6.45, 7) is 7.16. The van der Waals surface area contributed by atoms with Crippen LogP contribution in [0.1, 0.15) is 19.4 Å². The van der Waals surface area contributed by atoms with Gasteiger partial charge in [-0.05, 0) is 31.5 Å². The molecule has 7 heteroatoms. The normalized spacial score (nSPS) is 17.2. The van der Waals surface area contributed by atoms with E-state index < -0.39 is 0 Å². The predicted molar refractivity (Wildman–Crippen MR) is 104 cm³/mol. The molecule has 25 heavy (non-hydrogen) atoms. The topological polar surface area (TPSA) is 55.3 Å². The maximum absolute atomic E-state index is 5.42. The number of hydrogen-bond acceptors (Lipinski definition) is 5. The zero-order chi connectivity index (χ0) is 18.4. The minimum Gasteiger partial charge on any atom is -0.493 e. The summed E-state index contributed by atoms with van der Waals surface area (Å²) in [5.74, 6) is 3.95. The number of guanidine groups is 1. The third kappa shape index (κ3) is 4.87. The maximum atomic E-state index is 5.42. The summed E-state index contributed by atoms with van der Waals surface area (Å²) < 4.78 is 16.5. The number of benzene rings is 1. The summed E-state index contributed by atoms with van der Waals surface area (Å²) in [5.41, 5.74) is 1.04. The molecule has 0 atom stereocenters. The number of aliphatic imine (C=N–C) groups is 1. The van der Waals surface area contributed by atoms with Crippen molar-refractivity contribution in [2.24, 2.45) is 4.99 Å². The zero-order valence-electron chi connectivity index (χ0n) is 16.0. The monoisotopic (exact) mass is 367 g/mol. The van der Waals surface area contributed by atoms with Crippen molar-refractivity contribution in [2.45, 2.75) is 25.1 Å². The van der Waals surface area contributed by atoms with Crippen molar-refractivity contribution in [1.82, 2.24) is 10.2 Å². The van der Waals surface area contributed by atoms with Gasteiger partial charge in [-0.2, -0.15) is 11.8 Å². The largest absolute Gasteiger partial charge is 0.493 e. The van der Waals surface area contributed by atoms with Crippen molar-refractivity contribution >= 4 is 17.7 Å². The number of rotatable bonds is 5. The molecule has 0 aromatic heterocycles. The van der Waals surface area contributed by atoms with E-state index in [0.29, 0.717) is 23.8 Å². The molecule has 0 saturated carbocycles. The Labute approximate surface area is 154 Å². The molecule has 1 saturated heterocycles. The first-order chi connectivity index (χ1) is 11.9. The van der Waals surface area contributed by atoms with Gasteiger partial charge in [0.05, 0.1) is 21.3 Å². The Morgan fingerprint density at radius 3 is 2.32 bits per heavy atom. The van der Waals surface area contributed by atoms with Crippen molar-refractivity contribution in [3.05, 3.63) is 17.7 Å². The van der Waals surface area contributed by atoms with E-state index in [1.54, 1.807) is 21.3 Å². The summed E-state index contributed by atoms with van der Waals surface area (Å²) in [4.78, 5) is 6.76. The molecule has 1 aromatic carbocycles. The molecule has 1 heterocycles. The Kier molecular flexibility index (Phi) is 6.70. The first kappa shape index (κ1) is 19.6. The van der Waals surface area contributed by atoms with Gasteiger partial charge < -0.3 is 24.4 Å². The third-order valence-electron chi connectivity index (χ3n) is 4.11. The van der Waals surface area contributed by atoms with Crippen LogP contribution >= 0.6 is 11.8 Å². The molecule has 140 valence electrons. The molecular formula is C18H29N3O3S. The lowest BCUT2D eigenvalue weighted by Gasteiger charge is -2.39. The Balaban J connectivity index is 2.11. The molecule has 1 aliphatic rings. The highest BCUT2D eigenvalue weighted by Gasteiger charge is 2.28. The van der Waals surface area contributed by atoms with Gasteiger partial charge in [-0.25, -0.2) is 0 Å². The van der Waals surface area contributed by atoms with E-state index in [0.717, 1.165) is 30.4 Å². The molecule has 0 bridgehead atoms. The first-order valence-electron chi connectivity index (χ1n) is 8.32. The van der Waals surface area contributed by atoms with E-state index in [4.69, 9.17) is 14.2 Å². The lowest BCUT2D eigenvalue weighted by atomic mass is 10.1. The molecule has 0 spiro atoms. The van der Waals surface area contributed by atoms with Gasteiger partial charge in [0, 0.05) is 37.2 Å². The van der Waals surface area contributed by atoms with Gasteiger partial charge in [0.1, 0.15) is 0 Å². The van der Waals surface area contributed by atoms with Crippen LogP contribution in [-0.4, -0.2) is 62.8 Å². The van der Waals surface area contributed by atoms with Crippen LogP contribution in [0.5, 0.6) is 17.2 Å². The predicted octanol–water partition coefficient (Wildman–Crippen LogP) is 2.62. The van der Waals surface area contributed by atoms with Crippen LogP contribution in [0.25, 0.3) is 0 Å². The number of methoxy groups -OCH3 is 3.